The Morgan fingerprint density at radius 3 is 2.33 bits per heavy atom. The molecule has 0 bridgehead atoms. The Kier molecular flexibility index (Phi) is 10.5. The average molecular weight is 600 g/mol. The molecule has 0 aromatic heterocycles. The summed E-state index contributed by atoms with van der Waals surface area (Å²) in [6, 6.07) is 12.3. The lowest BCUT2D eigenvalue weighted by Gasteiger charge is -2.51. The van der Waals surface area contributed by atoms with Crippen molar-refractivity contribution < 1.29 is 43.4 Å². The van der Waals surface area contributed by atoms with Gasteiger partial charge in [0.2, 0.25) is 5.91 Å². The van der Waals surface area contributed by atoms with E-state index in [4.69, 9.17) is 19.3 Å². The van der Waals surface area contributed by atoms with Crippen molar-refractivity contribution in [1.29, 1.82) is 0 Å². The molecule has 2 unspecified atom stereocenters. The summed E-state index contributed by atoms with van der Waals surface area (Å²) < 4.78 is 16.0. The normalized spacial score (nSPS) is 19.1. The third-order valence-corrected chi connectivity index (χ3v) is 7.71. The second-order valence-corrected chi connectivity index (χ2v) is 10.4. The molecule has 4 rings (SSSR count). The summed E-state index contributed by atoms with van der Waals surface area (Å²) in [6.45, 7) is -0.472. The number of benzene rings is 2. The van der Waals surface area contributed by atoms with Gasteiger partial charge >= 0.3 is 18.0 Å². The van der Waals surface area contributed by atoms with E-state index in [-0.39, 0.29) is 38.5 Å². The first kappa shape index (κ1) is 30.5. The third kappa shape index (κ3) is 7.64. The van der Waals surface area contributed by atoms with E-state index in [2.05, 4.69) is 5.32 Å². The summed E-state index contributed by atoms with van der Waals surface area (Å²) in [5.74, 6) is -1.75. The first-order valence-electron chi connectivity index (χ1n) is 13.1. The molecular weight excluding hydrogens is 570 g/mol. The molecule has 0 aliphatic carbocycles. The number of nitrogens with zero attached hydrogens (tertiary/aromatic N) is 2. The zero-order valence-electron chi connectivity index (χ0n) is 22.4. The van der Waals surface area contributed by atoms with Crippen LogP contribution in [0, 0.1) is 10.1 Å². The molecule has 42 heavy (non-hydrogen) atoms. The predicted molar refractivity (Wildman–Crippen MR) is 148 cm³/mol. The molecule has 0 spiro atoms. The zero-order valence-corrected chi connectivity index (χ0v) is 23.2. The number of hydrogen-bond acceptors (Lipinski definition) is 11. The van der Waals surface area contributed by atoms with Gasteiger partial charge in [0.25, 0.3) is 5.69 Å². The fourth-order valence-electron chi connectivity index (χ4n) is 4.27. The number of hydrogen-bond donors (Lipinski definition) is 2. The van der Waals surface area contributed by atoms with E-state index in [1.54, 1.807) is 29.7 Å². The minimum absolute atomic E-state index is 0.0269. The molecule has 1 saturated heterocycles. The molecule has 3 atom stereocenters. The largest absolute Gasteiger partial charge is 0.461 e. The predicted octanol–water partition coefficient (Wildman–Crippen LogP) is 2.81. The van der Waals surface area contributed by atoms with Gasteiger partial charge in [-0.2, -0.15) is 0 Å². The Hall–Kier alpha value is -4.43. The number of nitro benzene ring substituents is 1. The molecule has 0 radical (unpaired) electrons. The van der Waals surface area contributed by atoms with E-state index in [0.717, 1.165) is 5.56 Å². The molecule has 222 valence electrons. The van der Waals surface area contributed by atoms with E-state index >= 15 is 0 Å². The van der Waals surface area contributed by atoms with Crippen molar-refractivity contribution in [3.8, 4) is 0 Å². The highest BCUT2D eigenvalue weighted by molar-refractivity contribution is 8.02. The number of nitrogens with one attached hydrogen (secondary N) is 1. The molecule has 2 aliphatic rings. The Balaban J connectivity index is 1.39. The van der Waals surface area contributed by atoms with Gasteiger partial charge in [-0.3, -0.25) is 19.7 Å². The number of non-ortho nitro benzene ring substituents is 1. The van der Waals surface area contributed by atoms with Crippen molar-refractivity contribution in [3.05, 3.63) is 86.8 Å². The first-order valence-corrected chi connectivity index (χ1v) is 14.0. The van der Waals surface area contributed by atoms with Gasteiger partial charge in [-0.15, -0.1) is 11.8 Å². The summed E-state index contributed by atoms with van der Waals surface area (Å²) >= 11 is 1.18. The van der Waals surface area contributed by atoms with E-state index in [0.29, 0.717) is 24.0 Å². The summed E-state index contributed by atoms with van der Waals surface area (Å²) in [4.78, 5) is 62.5. The highest BCUT2D eigenvalue weighted by Crippen LogP contribution is 2.40. The van der Waals surface area contributed by atoms with Crippen LogP contribution in [0.15, 0.2) is 65.6 Å². The van der Waals surface area contributed by atoms with Crippen LogP contribution in [0.4, 0.5) is 10.5 Å². The van der Waals surface area contributed by atoms with Crippen molar-refractivity contribution in [2.24, 2.45) is 0 Å². The quantitative estimate of drug-likeness (QED) is 0.0865. The van der Waals surface area contributed by atoms with E-state index in [9.17, 15) is 29.3 Å². The van der Waals surface area contributed by atoms with Crippen molar-refractivity contribution in [2.45, 2.75) is 49.9 Å². The minimum atomic E-state index is -1.16. The van der Waals surface area contributed by atoms with Gasteiger partial charge in [0.05, 0.1) is 4.92 Å². The van der Waals surface area contributed by atoms with Crippen LogP contribution >= 0.6 is 11.8 Å². The van der Waals surface area contributed by atoms with Crippen molar-refractivity contribution >= 4 is 41.4 Å². The SMILES string of the molecule is O=C(CCCCO)OCC1=CS[C@@H]2C(NC(=O)OCc3ccc([N+](=O)[O-])cc3)C(=O)N2C1C(=O)OCc1ccccc1. The number of carbonyl (C=O) groups is 4. The number of amides is 2. The maximum atomic E-state index is 13.2. The van der Waals surface area contributed by atoms with Gasteiger partial charge in [-0.05, 0) is 41.5 Å². The molecule has 1 fully saturated rings. The molecule has 0 saturated carbocycles. The Labute approximate surface area is 244 Å². The number of esters is 2. The molecule has 14 heteroatoms. The highest BCUT2D eigenvalue weighted by atomic mass is 32.2. The zero-order chi connectivity index (χ0) is 30.1. The Bertz CT molecular complexity index is 1340. The monoisotopic (exact) mass is 599 g/mol. The number of aliphatic hydroxyl groups is 1. The topological polar surface area (TPSA) is 175 Å². The van der Waals surface area contributed by atoms with Crippen molar-refractivity contribution in [3.63, 3.8) is 0 Å². The van der Waals surface area contributed by atoms with Crippen molar-refractivity contribution in [2.75, 3.05) is 13.2 Å². The van der Waals surface area contributed by atoms with Crippen LogP contribution in [-0.2, 0) is 41.8 Å². The molecule has 2 aliphatic heterocycles. The smallest absolute Gasteiger partial charge is 0.408 e. The molecule has 2 aromatic carbocycles. The number of unbranched alkanes of at least 4 members (excludes halogenated alkanes) is 1. The van der Waals surface area contributed by atoms with Crippen LogP contribution in [0.3, 0.4) is 0 Å². The number of aliphatic hydroxyl groups excluding tert-OH is 1. The standard InChI is InChI=1S/C28H29N3O10S/c32-13-5-4-8-22(33)39-16-20-17-42-26-23(29-28(36)41-15-19-9-11-21(12-10-19)31(37)38)25(34)30(26)24(20)27(35)40-14-18-6-2-1-3-7-18/h1-3,6-7,9-12,17,23-24,26,32H,4-5,8,13-16H2,(H,29,36)/t23?,24?,26-/m1/s1. The Morgan fingerprint density at radius 1 is 0.952 bits per heavy atom. The van der Waals surface area contributed by atoms with Gasteiger partial charge < -0.3 is 29.5 Å². The number of fused-ring (bicyclic) bond motifs is 1. The molecule has 2 amide bonds. The fourth-order valence-corrected chi connectivity index (χ4v) is 5.48. The first-order chi connectivity index (χ1) is 20.3. The number of thioether (sulfide) groups is 1. The van der Waals surface area contributed by atoms with Crippen LogP contribution in [0.5, 0.6) is 0 Å². The number of alkyl carbamates (subject to hydrolysis) is 1. The van der Waals surface area contributed by atoms with Gasteiger partial charge in [0, 0.05) is 30.7 Å². The third-order valence-electron chi connectivity index (χ3n) is 6.49. The van der Waals surface area contributed by atoms with Gasteiger partial charge in [-0.1, -0.05) is 30.3 Å². The maximum Gasteiger partial charge on any atom is 0.408 e. The van der Waals surface area contributed by atoms with Crippen molar-refractivity contribution in [1.82, 2.24) is 10.2 Å². The number of ether oxygens (including phenoxy) is 3. The van der Waals surface area contributed by atoms with E-state index < -0.39 is 46.3 Å². The lowest BCUT2D eigenvalue weighted by Crippen LogP contribution is -2.74. The number of rotatable bonds is 13. The lowest BCUT2D eigenvalue weighted by atomic mass is 9.98. The second kappa shape index (κ2) is 14.5. The van der Waals surface area contributed by atoms with Crippen LogP contribution < -0.4 is 5.32 Å². The van der Waals surface area contributed by atoms with Crippen LogP contribution in [0.2, 0.25) is 0 Å². The number of nitro groups is 1. The molecule has 2 aromatic rings. The van der Waals surface area contributed by atoms with E-state index in [1.807, 2.05) is 6.07 Å². The molecule has 2 heterocycles. The summed E-state index contributed by atoms with van der Waals surface area (Å²) in [6.07, 6.45) is 0.133. The Morgan fingerprint density at radius 2 is 1.64 bits per heavy atom. The number of β-lactam (4-membered cyclic amide) rings is 1. The second-order valence-electron chi connectivity index (χ2n) is 9.42. The van der Waals surface area contributed by atoms with E-state index in [1.165, 1.54) is 40.9 Å². The summed E-state index contributed by atoms with van der Waals surface area (Å²) in [5, 5.41) is 23.2. The maximum absolute atomic E-state index is 13.2. The molecule has 13 nitrogen and oxygen atoms in total. The molecule has 2 N–H and O–H groups in total. The van der Waals surface area contributed by atoms with Crippen LogP contribution in [0.25, 0.3) is 0 Å². The average Bonchev–Trinajstić information content (AvgIpc) is 3.00. The van der Waals surface area contributed by atoms with Crippen LogP contribution in [-0.4, -0.2) is 69.5 Å². The van der Waals surface area contributed by atoms with Crippen LogP contribution in [0.1, 0.15) is 30.4 Å². The summed E-state index contributed by atoms with van der Waals surface area (Å²) in [7, 11) is 0. The van der Waals surface area contributed by atoms with Gasteiger partial charge in [0.15, 0.2) is 6.04 Å². The number of carbonyl (C=O) groups excluding carboxylic acids is 4. The fraction of sp³-hybridized carbons (Fsp3) is 0.357. The lowest BCUT2D eigenvalue weighted by molar-refractivity contribution is -0.384. The van der Waals surface area contributed by atoms with Gasteiger partial charge in [-0.25, -0.2) is 9.59 Å². The van der Waals surface area contributed by atoms with Gasteiger partial charge in [0.1, 0.15) is 31.2 Å². The minimum Gasteiger partial charge on any atom is -0.461 e. The highest BCUT2D eigenvalue weighted by Gasteiger charge is 2.56. The molecular formula is C28H29N3O10S. The summed E-state index contributed by atoms with van der Waals surface area (Å²) in [5.41, 5.74) is 1.53.